The fraction of sp³-hybridized carbons (Fsp3) is 0.167. The lowest BCUT2D eigenvalue weighted by Gasteiger charge is -2.10. The highest BCUT2D eigenvalue weighted by Gasteiger charge is 2.11. The molecule has 0 unspecified atom stereocenters. The van der Waals surface area contributed by atoms with Crippen LogP contribution in [0, 0.1) is 6.92 Å². The first kappa shape index (κ1) is 18.0. The van der Waals surface area contributed by atoms with E-state index in [0.717, 1.165) is 11.1 Å². The number of para-hydroxylation sites is 1. The van der Waals surface area contributed by atoms with Crippen molar-refractivity contribution in [1.82, 2.24) is 5.43 Å². The summed E-state index contributed by atoms with van der Waals surface area (Å²) < 4.78 is 5.23. The maximum Gasteiger partial charge on any atom is 0.344 e. The molecule has 0 saturated carbocycles. The fourth-order valence-corrected chi connectivity index (χ4v) is 1.92. The Balaban J connectivity index is 1.86. The first-order valence-corrected chi connectivity index (χ1v) is 7.61. The van der Waals surface area contributed by atoms with Gasteiger partial charge < -0.3 is 15.2 Å². The van der Waals surface area contributed by atoms with E-state index in [2.05, 4.69) is 15.8 Å². The second-order valence-corrected chi connectivity index (χ2v) is 5.31. The van der Waals surface area contributed by atoms with Gasteiger partial charge in [-0.1, -0.05) is 18.2 Å². The summed E-state index contributed by atoms with van der Waals surface area (Å²) in [5.74, 6) is -0.591. The Hall–Kier alpha value is -3.35. The standard InChI is InChI=1S/C18H19N3O4/c1-12-5-3-4-6-16(12)20-18(24)21-19-11-14-7-9-15(10-8-14)25-13(2)17(22)23/h3-11,13H,1-2H3,(H,22,23)(H2,20,21,24)/b19-11+/t13-/m1/s1. The number of urea groups is 1. The van der Waals surface area contributed by atoms with Gasteiger partial charge in [-0.2, -0.15) is 5.10 Å². The van der Waals surface area contributed by atoms with E-state index in [4.69, 9.17) is 9.84 Å². The van der Waals surface area contributed by atoms with Crippen molar-refractivity contribution in [3.05, 3.63) is 59.7 Å². The highest BCUT2D eigenvalue weighted by molar-refractivity contribution is 5.91. The number of amides is 2. The number of nitrogens with zero attached hydrogens (tertiary/aromatic N) is 1. The third-order valence-electron chi connectivity index (χ3n) is 3.31. The summed E-state index contributed by atoms with van der Waals surface area (Å²) in [5, 5.41) is 15.4. The average molecular weight is 341 g/mol. The summed E-state index contributed by atoms with van der Waals surface area (Å²) in [4.78, 5) is 22.5. The number of carboxylic acid groups (broad SMARTS) is 1. The number of aryl methyl sites for hydroxylation is 1. The number of nitrogens with one attached hydrogen (secondary N) is 2. The fourth-order valence-electron chi connectivity index (χ4n) is 1.92. The predicted octanol–water partition coefficient (Wildman–Crippen LogP) is 3.00. The van der Waals surface area contributed by atoms with Crippen molar-refractivity contribution in [1.29, 1.82) is 0 Å². The van der Waals surface area contributed by atoms with Crippen LogP contribution in [0.15, 0.2) is 53.6 Å². The summed E-state index contributed by atoms with van der Waals surface area (Å²) in [6, 6.07) is 13.6. The van der Waals surface area contributed by atoms with Crippen LogP contribution in [0.4, 0.5) is 10.5 Å². The van der Waals surface area contributed by atoms with Crippen molar-refractivity contribution in [3.8, 4) is 5.75 Å². The molecule has 1 atom stereocenters. The van der Waals surface area contributed by atoms with Gasteiger partial charge in [-0.15, -0.1) is 0 Å². The molecule has 2 aromatic carbocycles. The molecule has 0 fully saturated rings. The van der Waals surface area contributed by atoms with Gasteiger partial charge in [0.05, 0.1) is 6.21 Å². The second kappa shape index (κ2) is 8.49. The van der Waals surface area contributed by atoms with E-state index in [9.17, 15) is 9.59 Å². The van der Waals surface area contributed by atoms with Crippen molar-refractivity contribution < 1.29 is 19.4 Å². The van der Waals surface area contributed by atoms with Crippen molar-refractivity contribution >= 4 is 23.9 Å². The molecule has 7 nitrogen and oxygen atoms in total. The SMILES string of the molecule is Cc1ccccc1NC(=O)N/N=C/c1ccc(O[C@H](C)C(=O)O)cc1. The summed E-state index contributed by atoms with van der Waals surface area (Å²) in [7, 11) is 0. The number of hydrazone groups is 1. The van der Waals surface area contributed by atoms with Crippen LogP contribution in [-0.4, -0.2) is 29.4 Å². The molecule has 130 valence electrons. The number of aliphatic carboxylic acids is 1. The van der Waals surface area contributed by atoms with Crippen molar-refractivity contribution in [2.24, 2.45) is 5.10 Å². The molecule has 0 radical (unpaired) electrons. The van der Waals surface area contributed by atoms with E-state index in [1.54, 1.807) is 30.3 Å². The zero-order valence-electron chi connectivity index (χ0n) is 13.9. The van der Waals surface area contributed by atoms with Crippen molar-refractivity contribution in [2.45, 2.75) is 20.0 Å². The number of hydrogen-bond donors (Lipinski definition) is 3. The largest absolute Gasteiger partial charge is 0.479 e. The van der Waals surface area contributed by atoms with Crippen LogP contribution < -0.4 is 15.5 Å². The molecule has 0 spiro atoms. The van der Waals surface area contributed by atoms with Gasteiger partial charge in [0, 0.05) is 5.69 Å². The van der Waals surface area contributed by atoms with Crippen LogP contribution in [0.5, 0.6) is 5.75 Å². The number of anilines is 1. The maximum atomic E-state index is 11.8. The van der Waals surface area contributed by atoms with Crippen LogP contribution >= 0.6 is 0 Å². The van der Waals surface area contributed by atoms with Gasteiger partial charge in [0.1, 0.15) is 5.75 Å². The van der Waals surface area contributed by atoms with E-state index in [1.165, 1.54) is 13.1 Å². The monoisotopic (exact) mass is 341 g/mol. The number of carbonyl (C=O) groups excluding carboxylic acids is 1. The smallest absolute Gasteiger partial charge is 0.344 e. The van der Waals surface area contributed by atoms with Gasteiger partial charge in [0.15, 0.2) is 6.10 Å². The normalized spacial score (nSPS) is 11.8. The van der Waals surface area contributed by atoms with E-state index >= 15 is 0 Å². The number of carbonyl (C=O) groups is 2. The number of hydrogen-bond acceptors (Lipinski definition) is 4. The quantitative estimate of drug-likeness (QED) is 0.555. The zero-order chi connectivity index (χ0) is 18.2. The molecule has 0 aliphatic heterocycles. The van der Waals surface area contributed by atoms with E-state index in [1.807, 2.05) is 25.1 Å². The molecule has 2 amide bonds. The zero-order valence-corrected chi connectivity index (χ0v) is 13.9. The summed E-state index contributed by atoms with van der Waals surface area (Å²) in [6.07, 6.45) is 0.549. The average Bonchev–Trinajstić information content (AvgIpc) is 2.58. The Morgan fingerprint density at radius 1 is 1.16 bits per heavy atom. The Kier molecular flexibility index (Phi) is 6.11. The number of ether oxygens (including phenoxy) is 1. The molecule has 0 aliphatic carbocycles. The minimum absolute atomic E-state index is 0.442. The first-order chi connectivity index (χ1) is 12.0. The number of carboxylic acids is 1. The van der Waals surface area contributed by atoms with Crippen molar-refractivity contribution in [3.63, 3.8) is 0 Å². The van der Waals surface area contributed by atoms with Gasteiger partial charge >= 0.3 is 12.0 Å². The highest BCUT2D eigenvalue weighted by Crippen LogP contribution is 2.14. The molecular weight excluding hydrogens is 322 g/mol. The molecule has 2 aromatic rings. The third kappa shape index (κ3) is 5.65. The van der Waals surface area contributed by atoms with Gasteiger partial charge in [0.2, 0.25) is 0 Å². The van der Waals surface area contributed by atoms with Crippen LogP contribution in [0.25, 0.3) is 0 Å². The Labute approximate surface area is 145 Å². The second-order valence-electron chi connectivity index (χ2n) is 5.31. The summed E-state index contributed by atoms with van der Waals surface area (Å²) in [6.45, 7) is 3.35. The lowest BCUT2D eigenvalue weighted by Crippen LogP contribution is -2.24. The molecule has 25 heavy (non-hydrogen) atoms. The van der Waals surface area contributed by atoms with E-state index in [0.29, 0.717) is 11.4 Å². The van der Waals surface area contributed by atoms with Crippen LogP contribution in [-0.2, 0) is 4.79 Å². The molecule has 0 heterocycles. The first-order valence-electron chi connectivity index (χ1n) is 7.61. The minimum Gasteiger partial charge on any atom is -0.479 e. The van der Waals surface area contributed by atoms with Gasteiger partial charge in [0.25, 0.3) is 0 Å². The highest BCUT2D eigenvalue weighted by atomic mass is 16.5. The number of benzene rings is 2. The summed E-state index contributed by atoms with van der Waals surface area (Å²) in [5.41, 5.74) is 4.77. The molecule has 0 bridgehead atoms. The van der Waals surface area contributed by atoms with Crippen LogP contribution in [0.3, 0.4) is 0 Å². The van der Waals surface area contributed by atoms with Crippen molar-refractivity contribution in [2.75, 3.05) is 5.32 Å². The molecule has 0 saturated heterocycles. The topological polar surface area (TPSA) is 100 Å². The molecule has 3 N–H and O–H groups in total. The molecular formula is C18H19N3O4. The van der Waals surface area contributed by atoms with Gasteiger partial charge in [-0.25, -0.2) is 15.0 Å². The van der Waals surface area contributed by atoms with Crippen LogP contribution in [0.1, 0.15) is 18.1 Å². The molecule has 0 aliphatic rings. The molecule has 0 aromatic heterocycles. The third-order valence-corrected chi connectivity index (χ3v) is 3.31. The van der Waals surface area contributed by atoms with Gasteiger partial charge in [-0.3, -0.25) is 0 Å². The molecule has 2 rings (SSSR count). The minimum atomic E-state index is -1.03. The molecule has 7 heteroatoms. The lowest BCUT2D eigenvalue weighted by molar-refractivity contribution is -0.144. The Morgan fingerprint density at radius 2 is 1.84 bits per heavy atom. The lowest BCUT2D eigenvalue weighted by atomic mass is 10.2. The van der Waals surface area contributed by atoms with Crippen LogP contribution in [0.2, 0.25) is 0 Å². The summed E-state index contributed by atoms with van der Waals surface area (Å²) >= 11 is 0. The Morgan fingerprint density at radius 3 is 2.48 bits per heavy atom. The van der Waals surface area contributed by atoms with E-state index < -0.39 is 18.1 Å². The van der Waals surface area contributed by atoms with Gasteiger partial charge in [-0.05, 0) is 55.3 Å². The predicted molar refractivity (Wildman–Crippen MR) is 95.1 cm³/mol. The van der Waals surface area contributed by atoms with E-state index in [-0.39, 0.29) is 0 Å². The number of rotatable bonds is 6. The maximum absolute atomic E-state index is 11.8. The Bertz CT molecular complexity index is 772.